The number of aliphatic hydroxyl groups is 1. The molecule has 0 amide bonds. The standard InChI is InChI=1S/C12H18O2/c1-9-2-3-11(6-9)12(13)7-10-4-5-14-8-10/h4-5,8-9,11-13H,2-3,6-7H2,1H3. The van der Waals surface area contributed by atoms with Gasteiger partial charge >= 0.3 is 0 Å². The third-order valence-electron chi connectivity index (χ3n) is 3.30. The summed E-state index contributed by atoms with van der Waals surface area (Å²) in [5.41, 5.74) is 1.11. The molecule has 1 fully saturated rings. The molecular weight excluding hydrogens is 176 g/mol. The van der Waals surface area contributed by atoms with Crippen LogP contribution in [0, 0.1) is 11.8 Å². The van der Waals surface area contributed by atoms with Crippen LogP contribution in [0.5, 0.6) is 0 Å². The van der Waals surface area contributed by atoms with Crippen LogP contribution in [0.1, 0.15) is 31.7 Å². The normalized spacial score (nSPS) is 29.3. The second-order valence-corrected chi connectivity index (χ2v) is 4.58. The first-order valence-electron chi connectivity index (χ1n) is 5.45. The highest BCUT2D eigenvalue weighted by atomic mass is 16.3. The van der Waals surface area contributed by atoms with Gasteiger partial charge in [0, 0.05) is 6.42 Å². The Balaban J connectivity index is 1.87. The predicted molar refractivity (Wildman–Crippen MR) is 54.9 cm³/mol. The predicted octanol–water partition coefficient (Wildman–Crippen LogP) is 2.62. The molecular formula is C12H18O2. The molecule has 1 saturated carbocycles. The average Bonchev–Trinajstić information content (AvgIpc) is 2.75. The minimum Gasteiger partial charge on any atom is -0.472 e. The Hall–Kier alpha value is -0.760. The summed E-state index contributed by atoms with van der Waals surface area (Å²) in [5.74, 6) is 1.29. The van der Waals surface area contributed by atoms with E-state index < -0.39 is 0 Å². The van der Waals surface area contributed by atoms with Gasteiger partial charge in [-0.15, -0.1) is 0 Å². The van der Waals surface area contributed by atoms with E-state index in [1.165, 1.54) is 19.3 Å². The van der Waals surface area contributed by atoms with Crippen molar-refractivity contribution in [2.24, 2.45) is 11.8 Å². The van der Waals surface area contributed by atoms with Crippen molar-refractivity contribution in [3.05, 3.63) is 24.2 Å². The van der Waals surface area contributed by atoms with E-state index in [2.05, 4.69) is 6.92 Å². The fourth-order valence-corrected chi connectivity index (χ4v) is 2.42. The van der Waals surface area contributed by atoms with Crippen molar-refractivity contribution in [1.29, 1.82) is 0 Å². The van der Waals surface area contributed by atoms with Gasteiger partial charge in [-0.25, -0.2) is 0 Å². The number of furan rings is 1. The lowest BCUT2D eigenvalue weighted by Gasteiger charge is -2.16. The van der Waals surface area contributed by atoms with Gasteiger partial charge in [0.2, 0.25) is 0 Å². The lowest BCUT2D eigenvalue weighted by molar-refractivity contribution is 0.109. The highest BCUT2D eigenvalue weighted by Gasteiger charge is 2.27. The summed E-state index contributed by atoms with van der Waals surface area (Å²) in [6, 6.07) is 1.93. The second-order valence-electron chi connectivity index (χ2n) is 4.58. The van der Waals surface area contributed by atoms with Gasteiger partial charge in [0.25, 0.3) is 0 Å². The Morgan fingerprint density at radius 3 is 3.00 bits per heavy atom. The van der Waals surface area contributed by atoms with E-state index in [4.69, 9.17) is 4.42 Å². The largest absolute Gasteiger partial charge is 0.472 e. The van der Waals surface area contributed by atoms with E-state index in [9.17, 15) is 5.11 Å². The molecule has 0 saturated heterocycles. The summed E-state index contributed by atoms with van der Waals surface area (Å²) in [7, 11) is 0. The van der Waals surface area contributed by atoms with Crippen LogP contribution in [0.25, 0.3) is 0 Å². The van der Waals surface area contributed by atoms with Crippen LogP contribution in [0.2, 0.25) is 0 Å². The molecule has 1 aliphatic carbocycles. The van der Waals surface area contributed by atoms with Crippen molar-refractivity contribution in [2.75, 3.05) is 0 Å². The molecule has 0 spiro atoms. The van der Waals surface area contributed by atoms with Crippen LogP contribution in [-0.4, -0.2) is 11.2 Å². The smallest absolute Gasteiger partial charge is 0.0935 e. The summed E-state index contributed by atoms with van der Waals surface area (Å²) in [5, 5.41) is 10.00. The van der Waals surface area contributed by atoms with Gasteiger partial charge < -0.3 is 9.52 Å². The van der Waals surface area contributed by atoms with Crippen LogP contribution in [0.15, 0.2) is 23.0 Å². The minimum atomic E-state index is -0.183. The van der Waals surface area contributed by atoms with Crippen LogP contribution in [-0.2, 0) is 6.42 Å². The van der Waals surface area contributed by atoms with Crippen molar-refractivity contribution >= 4 is 0 Å². The van der Waals surface area contributed by atoms with E-state index in [0.717, 1.165) is 17.9 Å². The summed E-state index contributed by atoms with van der Waals surface area (Å²) >= 11 is 0. The van der Waals surface area contributed by atoms with Crippen LogP contribution < -0.4 is 0 Å². The third-order valence-corrected chi connectivity index (χ3v) is 3.30. The maximum absolute atomic E-state index is 10.00. The lowest BCUT2D eigenvalue weighted by Crippen LogP contribution is -2.20. The average molecular weight is 194 g/mol. The lowest BCUT2D eigenvalue weighted by atomic mass is 9.95. The first-order valence-corrected chi connectivity index (χ1v) is 5.45. The topological polar surface area (TPSA) is 33.4 Å². The summed E-state index contributed by atoms with van der Waals surface area (Å²) in [6.45, 7) is 2.27. The number of hydrogen-bond acceptors (Lipinski definition) is 2. The van der Waals surface area contributed by atoms with Crippen LogP contribution >= 0.6 is 0 Å². The molecule has 14 heavy (non-hydrogen) atoms. The second kappa shape index (κ2) is 4.18. The Morgan fingerprint density at radius 1 is 1.57 bits per heavy atom. The van der Waals surface area contributed by atoms with Gasteiger partial charge in [-0.2, -0.15) is 0 Å². The molecule has 1 N–H and O–H groups in total. The van der Waals surface area contributed by atoms with Gasteiger partial charge in [0.1, 0.15) is 0 Å². The highest BCUT2D eigenvalue weighted by Crippen LogP contribution is 2.33. The quantitative estimate of drug-likeness (QED) is 0.802. The molecule has 1 aliphatic rings. The highest BCUT2D eigenvalue weighted by molar-refractivity contribution is 5.07. The third kappa shape index (κ3) is 2.18. The van der Waals surface area contributed by atoms with Crippen LogP contribution in [0.3, 0.4) is 0 Å². The van der Waals surface area contributed by atoms with E-state index >= 15 is 0 Å². The Morgan fingerprint density at radius 2 is 2.43 bits per heavy atom. The van der Waals surface area contributed by atoms with E-state index in [1.54, 1.807) is 12.5 Å². The zero-order valence-corrected chi connectivity index (χ0v) is 8.65. The maximum atomic E-state index is 10.00. The maximum Gasteiger partial charge on any atom is 0.0935 e. The molecule has 1 heterocycles. The van der Waals surface area contributed by atoms with E-state index in [-0.39, 0.29) is 6.10 Å². The number of aliphatic hydroxyl groups excluding tert-OH is 1. The molecule has 0 radical (unpaired) electrons. The Bertz CT molecular complexity index is 266. The summed E-state index contributed by atoms with van der Waals surface area (Å²) in [6.07, 6.45) is 7.58. The van der Waals surface area contributed by atoms with Gasteiger partial charge in [0.05, 0.1) is 18.6 Å². The van der Waals surface area contributed by atoms with Crippen molar-refractivity contribution in [1.82, 2.24) is 0 Å². The van der Waals surface area contributed by atoms with E-state index in [1.807, 2.05) is 6.07 Å². The van der Waals surface area contributed by atoms with Crippen molar-refractivity contribution in [3.8, 4) is 0 Å². The Kier molecular flexibility index (Phi) is 2.92. The van der Waals surface area contributed by atoms with Gasteiger partial charge in [-0.3, -0.25) is 0 Å². The number of hydrogen-bond donors (Lipinski definition) is 1. The van der Waals surface area contributed by atoms with Crippen molar-refractivity contribution in [2.45, 2.75) is 38.7 Å². The van der Waals surface area contributed by atoms with E-state index in [0.29, 0.717) is 5.92 Å². The van der Waals surface area contributed by atoms with Crippen molar-refractivity contribution < 1.29 is 9.52 Å². The zero-order valence-electron chi connectivity index (χ0n) is 8.65. The fraction of sp³-hybridized carbons (Fsp3) is 0.667. The molecule has 1 aromatic rings. The van der Waals surface area contributed by atoms with Crippen LogP contribution in [0.4, 0.5) is 0 Å². The van der Waals surface area contributed by atoms with Gasteiger partial charge in [-0.1, -0.05) is 13.3 Å². The molecule has 0 aromatic carbocycles. The SMILES string of the molecule is CC1CCC(C(O)Cc2ccoc2)C1. The molecule has 2 nitrogen and oxygen atoms in total. The Labute approximate surface area is 84.9 Å². The summed E-state index contributed by atoms with van der Waals surface area (Å²) < 4.78 is 4.99. The molecule has 2 rings (SSSR count). The minimum absolute atomic E-state index is 0.183. The zero-order chi connectivity index (χ0) is 9.97. The van der Waals surface area contributed by atoms with Gasteiger partial charge in [-0.05, 0) is 36.3 Å². The molecule has 0 bridgehead atoms. The molecule has 1 aromatic heterocycles. The first kappa shape index (κ1) is 9.78. The molecule has 2 heteroatoms. The number of rotatable bonds is 3. The molecule has 0 aliphatic heterocycles. The molecule has 78 valence electrons. The monoisotopic (exact) mass is 194 g/mol. The van der Waals surface area contributed by atoms with Gasteiger partial charge in [0.15, 0.2) is 0 Å². The molecule has 3 atom stereocenters. The molecule has 3 unspecified atom stereocenters. The van der Waals surface area contributed by atoms with Crippen molar-refractivity contribution in [3.63, 3.8) is 0 Å². The first-order chi connectivity index (χ1) is 6.75. The summed E-state index contributed by atoms with van der Waals surface area (Å²) in [4.78, 5) is 0. The fourth-order valence-electron chi connectivity index (χ4n) is 2.42.